The van der Waals surface area contributed by atoms with Crippen molar-refractivity contribution in [3.05, 3.63) is 0 Å². The van der Waals surface area contributed by atoms with Gasteiger partial charge in [-0.2, -0.15) is 0 Å². The third kappa shape index (κ3) is 2.37. The first kappa shape index (κ1) is 12.2. The molecule has 1 aliphatic rings. The number of ether oxygens (including phenoxy) is 1. The van der Waals surface area contributed by atoms with Crippen molar-refractivity contribution in [2.45, 2.75) is 24.0 Å². The Hall–Kier alpha value is -1.28. The molecule has 17 heavy (non-hydrogen) atoms. The lowest BCUT2D eigenvalue weighted by atomic mass is 10.0. The van der Waals surface area contributed by atoms with Gasteiger partial charge in [-0.25, -0.2) is 0 Å². The number of hydrogen-bond acceptors (Lipinski definition) is 6. The van der Waals surface area contributed by atoms with Crippen molar-refractivity contribution in [2.75, 3.05) is 24.7 Å². The number of nitrogens with zero attached hydrogens (tertiary/aromatic N) is 3. The number of aromatic nitrogens is 3. The summed E-state index contributed by atoms with van der Waals surface area (Å²) in [7, 11) is 0. The summed E-state index contributed by atoms with van der Waals surface area (Å²) in [5, 5.41) is 16.9. The quantitative estimate of drug-likeness (QED) is 0.742. The highest BCUT2D eigenvalue weighted by atomic mass is 32.2. The topological polar surface area (TPSA) is 103 Å². The summed E-state index contributed by atoms with van der Waals surface area (Å²) in [5.74, 6) is -0.656. The summed E-state index contributed by atoms with van der Waals surface area (Å²) in [6, 6.07) is 0. The van der Waals surface area contributed by atoms with Crippen LogP contribution in [0.4, 0.5) is 5.95 Å². The molecule has 1 aliphatic heterocycles. The molecule has 0 amide bonds. The van der Waals surface area contributed by atoms with Crippen LogP contribution in [0.3, 0.4) is 0 Å². The van der Waals surface area contributed by atoms with Gasteiger partial charge >= 0.3 is 5.97 Å². The first-order valence-corrected chi connectivity index (χ1v) is 6.15. The van der Waals surface area contributed by atoms with E-state index >= 15 is 0 Å². The van der Waals surface area contributed by atoms with Gasteiger partial charge < -0.3 is 15.6 Å². The second-order valence-electron chi connectivity index (χ2n) is 4.16. The number of rotatable bonds is 4. The van der Waals surface area contributed by atoms with Crippen LogP contribution < -0.4 is 5.73 Å². The normalized spacial score (nSPS) is 24.1. The predicted molar refractivity (Wildman–Crippen MR) is 61.9 cm³/mol. The SMILES string of the molecule is CC1(n2c(N)nnc2SCC(=O)O)CCOC1. The van der Waals surface area contributed by atoms with Crippen LogP contribution in [-0.4, -0.2) is 44.8 Å². The lowest BCUT2D eigenvalue weighted by molar-refractivity contribution is -0.133. The first-order chi connectivity index (χ1) is 8.03. The summed E-state index contributed by atoms with van der Waals surface area (Å²) in [6.07, 6.45) is 0.815. The molecule has 0 saturated carbocycles. The van der Waals surface area contributed by atoms with E-state index in [0.717, 1.165) is 18.2 Å². The number of carboxylic acid groups (broad SMARTS) is 1. The highest BCUT2D eigenvalue weighted by Gasteiger charge is 2.35. The molecule has 1 atom stereocenters. The fourth-order valence-corrected chi connectivity index (χ4v) is 2.64. The zero-order valence-electron chi connectivity index (χ0n) is 9.42. The van der Waals surface area contributed by atoms with Gasteiger partial charge in [0, 0.05) is 6.61 Å². The van der Waals surface area contributed by atoms with Crippen molar-refractivity contribution in [1.29, 1.82) is 0 Å². The second kappa shape index (κ2) is 4.53. The number of thioether (sulfide) groups is 1. The van der Waals surface area contributed by atoms with Gasteiger partial charge in [-0.1, -0.05) is 11.8 Å². The molecular formula is C9H14N4O3S. The molecular weight excluding hydrogens is 244 g/mol. The molecule has 8 heteroatoms. The van der Waals surface area contributed by atoms with E-state index in [1.54, 1.807) is 4.57 Å². The molecule has 7 nitrogen and oxygen atoms in total. The van der Waals surface area contributed by atoms with E-state index in [1.807, 2.05) is 6.92 Å². The summed E-state index contributed by atoms with van der Waals surface area (Å²) in [6.45, 7) is 3.21. The van der Waals surface area contributed by atoms with Crippen molar-refractivity contribution in [1.82, 2.24) is 14.8 Å². The average Bonchev–Trinajstić information content (AvgIpc) is 2.83. The fraction of sp³-hybridized carbons (Fsp3) is 0.667. The molecule has 0 spiro atoms. The zero-order valence-corrected chi connectivity index (χ0v) is 10.2. The fourth-order valence-electron chi connectivity index (χ4n) is 1.84. The summed E-state index contributed by atoms with van der Waals surface area (Å²) in [4.78, 5) is 10.6. The van der Waals surface area contributed by atoms with Gasteiger partial charge in [0.2, 0.25) is 5.95 Å². The van der Waals surface area contributed by atoms with E-state index in [0.29, 0.717) is 24.3 Å². The first-order valence-electron chi connectivity index (χ1n) is 5.17. The number of aliphatic carboxylic acids is 1. The zero-order chi connectivity index (χ0) is 12.5. The Bertz CT molecular complexity index is 428. The Balaban J connectivity index is 2.25. The summed E-state index contributed by atoms with van der Waals surface area (Å²) < 4.78 is 7.13. The molecule has 0 radical (unpaired) electrons. The number of carbonyl (C=O) groups is 1. The van der Waals surface area contributed by atoms with Crippen LogP contribution in [0, 0.1) is 0 Å². The van der Waals surface area contributed by atoms with E-state index in [2.05, 4.69) is 10.2 Å². The molecule has 2 rings (SSSR count). The van der Waals surface area contributed by atoms with Crippen LogP contribution in [0.25, 0.3) is 0 Å². The maximum absolute atomic E-state index is 10.6. The third-order valence-corrected chi connectivity index (χ3v) is 3.63. The molecule has 3 N–H and O–H groups in total. The lowest BCUT2D eigenvalue weighted by Crippen LogP contribution is -2.32. The summed E-state index contributed by atoms with van der Waals surface area (Å²) >= 11 is 1.12. The number of anilines is 1. The third-order valence-electron chi connectivity index (χ3n) is 2.72. The van der Waals surface area contributed by atoms with Crippen LogP contribution in [0.15, 0.2) is 5.16 Å². The molecule has 0 aromatic carbocycles. The highest BCUT2D eigenvalue weighted by molar-refractivity contribution is 7.99. The Morgan fingerprint density at radius 3 is 3.06 bits per heavy atom. The molecule has 1 aromatic rings. The number of nitrogen functional groups attached to an aromatic ring is 1. The van der Waals surface area contributed by atoms with Crippen molar-refractivity contribution >= 4 is 23.7 Å². The van der Waals surface area contributed by atoms with Crippen molar-refractivity contribution in [2.24, 2.45) is 0 Å². The molecule has 1 unspecified atom stereocenters. The van der Waals surface area contributed by atoms with E-state index in [4.69, 9.17) is 15.6 Å². The Morgan fingerprint density at radius 1 is 1.71 bits per heavy atom. The van der Waals surface area contributed by atoms with E-state index in [1.165, 1.54) is 0 Å². The minimum atomic E-state index is -0.893. The average molecular weight is 258 g/mol. The van der Waals surface area contributed by atoms with Crippen molar-refractivity contribution in [3.8, 4) is 0 Å². The molecule has 1 saturated heterocycles. The minimum absolute atomic E-state index is 0.0604. The van der Waals surface area contributed by atoms with Gasteiger partial charge in [-0.15, -0.1) is 10.2 Å². The Labute approximate surface area is 102 Å². The Kier molecular flexibility index (Phi) is 3.25. The van der Waals surface area contributed by atoms with Gasteiger partial charge in [-0.05, 0) is 13.3 Å². The van der Waals surface area contributed by atoms with Crippen LogP contribution in [0.5, 0.6) is 0 Å². The van der Waals surface area contributed by atoms with E-state index < -0.39 is 5.97 Å². The molecule has 1 fully saturated rings. The maximum Gasteiger partial charge on any atom is 0.313 e. The highest BCUT2D eigenvalue weighted by Crippen LogP contribution is 2.33. The molecule has 2 heterocycles. The molecule has 1 aromatic heterocycles. The lowest BCUT2D eigenvalue weighted by Gasteiger charge is -2.25. The van der Waals surface area contributed by atoms with E-state index in [-0.39, 0.29) is 11.3 Å². The minimum Gasteiger partial charge on any atom is -0.481 e. The maximum atomic E-state index is 10.6. The predicted octanol–water partition coefficient (Wildman–Crippen LogP) is 0.172. The van der Waals surface area contributed by atoms with Gasteiger partial charge in [0.1, 0.15) is 0 Å². The number of carboxylic acids is 1. The number of hydrogen-bond donors (Lipinski definition) is 2. The van der Waals surface area contributed by atoms with Crippen molar-refractivity contribution < 1.29 is 14.6 Å². The smallest absolute Gasteiger partial charge is 0.313 e. The van der Waals surface area contributed by atoms with Crippen LogP contribution in [-0.2, 0) is 15.1 Å². The molecule has 94 valence electrons. The number of nitrogens with two attached hydrogens (primary N) is 1. The second-order valence-corrected chi connectivity index (χ2v) is 5.10. The standard InChI is InChI=1S/C9H14N4O3S/c1-9(2-3-16-5-9)13-7(10)11-12-8(13)17-4-6(14)15/h2-5H2,1H3,(H2,10,11)(H,14,15). The van der Waals surface area contributed by atoms with Crippen LogP contribution >= 0.6 is 11.8 Å². The van der Waals surface area contributed by atoms with Gasteiger partial charge in [0.05, 0.1) is 17.9 Å². The van der Waals surface area contributed by atoms with Gasteiger partial charge in [0.25, 0.3) is 0 Å². The Morgan fingerprint density at radius 2 is 2.47 bits per heavy atom. The largest absolute Gasteiger partial charge is 0.481 e. The monoisotopic (exact) mass is 258 g/mol. The molecule has 0 aliphatic carbocycles. The van der Waals surface area contributed by atoms with Crippen LogP contribution in [0.2, 0.25) is 0 Å². The van der Waals surface area contributed by atoms with Crippen LogP contribution in [0.1, 0.15) is 13.3 Å². The summed E-state index contributed by atoms with van der Waals surface area (Å²) in [5.41, 5.74) is 5.50. The van der Waals surface area contributed by atoms with Gasteiger partial charge in [-0.3, -0.25) is 9.36 Å². The molecule has 0 bridgehead atoms. The van der Waals surface area contributed by atoms with Gasteiger partial charge in [0.15, 0.2) is 5.16 Å². The van der Waals surface area contributed by atoms with E-state index in [9.17, 15) is 4.79 Å². The van der Waals surface area contributed by atoms with Crippen molar-refractivity contribution in [3.63, 3.8) is 0 Å².